The first-order chi connectivity index (χ1) is 11.0. The molecule has 0 aliphatic carbocycles. The summed E-state index contributed by atoms with van der Waals surface area (Å²) in [6.07, 6.45) is 3.46. The summed E-state index contributed by atoms with van der Waals surface area (Å²) in [6.45, 7) is 2.08. The average molecular weight is 334 g/mol. The molecule has 23 heavy (non-hydrogen) atoms. The number of imidazole rings is 1. The van der Waals surface area contributed by atoms with Crippen LogP contribution in [0.2, 0.25) is 5.02 Å². The number of H-pyrrole nitrogens is 1. The molecule has 0 radical (unpaired) electrons. The molecular formula is C15H16ClN5O2. The molecule has 0 spiro atoms. The number of rotatable bonds is 4. The van der Waals surface area contributed by atoms with Gasteiger partial charge < -0.3 is 9.30 Å². The van der Waals surface area contributed by atoms with Crippen molar-refractivity contribution in [2.75, 3.05) is 0 Å². The van der Waals surface area contributed by atoms with Crippen LogP contribution in [0.1, 0.15) is 11.4 Å². The van der Waals surface area contributed by atoms with Gasteiger partial charge in [-0.3, -0.25) is 4.57 Å². The Hall–Kier alpha value is -2.54. The molecule has 7 nitrogen and oxygen atoms in total. The fourth-order valence-corrected chi connectivity index (χ4v) is 2.41. The fraction of sp³-hybridized carbons (Fsp3) is 0.267. The maximum Gasteiger partial charge on any atom is 0.343 e. The standard InChI is InChI=1S/C15H16ClN5O2/c1-9-4-13(23-7-14-18-19-15(22)21(14)3)10(5-11(9)16)12-6-17-8-20(12)2/h4-6,8H,7H2,1-3H3,(H,19,22). The van der Waals surface area contributed by atoms with E-state index in [1.54, 1.807) is 19.6 Å². The Morgan fingerprint density at radius 3 is 2.74 bits per heavy atom. The highest BCUT2D eigenvalue weighted by molar-refractivity contribution is 6.31. The van der Waals surface area contributed by atoms with Crippen LogP contribution in [-0.2, 0) is 20.7 Å². The van der Waals surface area contributed by atoms with Crippen LogP contribution in [-0.4, -0.2) is 24.3 Å². The third-order valence-electron chi connectivity index (χ3n) is 3.68. The van der Waals surface area contributed by atoms with Gasteiger partial charge in [-0.25, -0.2) is 14.9 Å². The van der Waals surface area contributed by atoms with Gasteiger partial charge in [-0.05, 0) is 24.6 Å². The number of benzene rings is 1. The van der Waals surface area contributed by atoms with E-state index in [1.165, 1.54) is 4.57 Å². The van der Waals surface area contributed by atoms with Crippen LogP contribution in [0.5, 0.6) is 5.75 Å². The van der Waals surface area contributed by atoms with Crippen LogP contribution in [0.4, 0.5) is 0 Å². The Bertz CT molecular complexity index is 909. The number of nitrogens with one attached hydrogen (secondary N) is 1. The molecule has 3 aromatic rings. The van der Waals surface area contributed by atoms with E-state index in [0.29, 0.717) is 16.6 Å². The van der Waals surface area contributed by atoms with Gasteiger partial charge in [0.2, 0.25) is 0 Å². The minimum Gasteiger partial charge on any atom is -0.485 e. The Balaban J connectivity index is 1.98. The second-order valence-electron chi connectivity index (χ2n) is 5.28. The van der Waals surface area contributed by atoms with Gasteiger partial charge in [0.25, 0.3) is 0 Å². The van der Waals surface area contributed by atoms with Crippen molar-refractivity contribution in [3.63, 3.8) is 0 Å². The first-order valence-corrected chi connectivity index (χ1v) is 7.35. The maximum absolute atomic E-state index is 11.4. The fourth-order valence-electron chi connectivity index (χ4n) is 2.24. The predicted octanol–water partition coefficient (Wildman–Crippen LogP) is 2.05. The van der Waals surface area contributed by atoms with Crippen LogP contribution in [0.25, 0.3) is 11.3 Å². The molecule has 0 atom stereocenters. The maximum atomic E-state index is 11.4. The molecule has 0 fully saturated rings. The summed E-state index contributed by atoms with van der Waals surface area (Å²) in [5, 5.41) is 6.98. The molecule has 0 aliphatic heterocycles. The Morgan fingerprint density at radius 1 is 1.35 bits per heavy atom. The average Bonchev–Trinajstić information content (AvgIpc) is 3.08. The van der Waals surface area contributed by atoms with Crippen molar-refractivity contribution in [1.29, 1.82) is 0 Å². The van der Waals surface area contributed by atoms with E-state index in [-0.39, 0.29) is 12.3 Å². The van der Waals surface area contributed by atoms with Crippen molar-refractivity contribution in [3.05, 3.63) is 51.6 Å². The molecular weight excluding hydrogens is 318 g/mol. The third kappa shape index (κ3) is 2.87. The van der Waals surface area contributed by atoms with Crippen molar-refractivity contribution in [1.82, 2.24) is 24.3 Å². The van der Waals surface area contributed by atoms with Gasteiger partial charge in [0, 0.05) is 24.7 Å². The highest BCUT2D eigenvalue weighted by Gasteiger charge is 2.14. The predicted molar refractivity (Wildman–Crippen MR) is 86.6 cm³/mol. The Kier molecular flexibility index (Phi) is 3.96. The number of aryl methyl sites for hydroxylation is 2. The van der Waals surface area contributed by atoms with Crippen molar-refractivity contribution >= 4 is 11.6 Å². The molecule has 1 N–H and O–H groups in total. The molecule has 3 rings (SSSR count). The molecule has 0 bridgehead atoms. The molecule has 0 saturated heterocycles. The van der Waals surface area contributed by atoms with E-state index in [2.05, 4.69) is 15.2 Å². The molecule has 0 unspecified atom stereocenters. The zero-order chi connectivity index (χ0) is 16.6. The van der Waals surface area contributed by atoms with Crippen molar-refractivity contribution < 1.29 is 4.74 Å². The lowest BCUT2D eigenvalue weighted by Gasteiger charge is -2.13. The minimum absolute atomic E-state index is 0.168. The highest BCUT2D eigenvalue weighted by atomic mass is 35.5. The zero-order valence-corrected chi connectivity index (χ0v) is 13.8. The molecule has 2 aromatic heterocycles. The van der Waals surface area contributed by atoms with E-state index in [0.717, 1.165) is 16.8 Å². The summed E-state index contributed by atoms with van der Waals surface area (Å²) < 4.78 is 9.19. The zero-order valence-electron chi connectivity index (χ0n) is 13.0. The lowest BCUT2D eigenvalue weighted by molar-refractivity contribution is 0.292. The SMILES string of the molecule is Cc1cc(OCc2n[nH]c(=O)n2C)c(-c2cncn2C)cc1Cl. The number of hydrogen-bond donors (Lipinski definition) is 1. The molecule has 1 aromatic carbocycles. The lowest BCUT2D eigenvalue weighted by Crippen LogP contribution is -2.15. The topological polar surface area (TPSA) is 77.7 Å². The molecule has 0 aliphatic rings. The van der Waals surface area contributed by atoms with Gasteiger partial charge in [-0.2, -0.15) is 5.10 Å². The number of aromatic amines is 1. The van der Waals surface area contributed by atoms with Gasteiger partial charge >= 0.3 is 5.69 Å². The largest absolute Gasteiger partial charge is 0.485 e. The summed E-state index contributed by atoms with van der Waals surface area (Å²) in [6, 6.07) is 3.72. The van der Waals surface area contributed by atoms with Crippen LogP contribution in [0.15, 0.2) is 29.5 Å². The van der Waals surface area contributed by atoms with E-state index >= 15 is 0 Å². The van der Waals surface area contributed by atoms with Gasteiger partial charge in [0.15, 0.2) is 5.82 Å². The van der Waals surface area contributed by atoms with E-state index in [9.17, 15) is 4.79 Å². The summed E-state index contributed by atoms with van der Waals surface area (Å²) in [4.78, 5) is 15.5. The molecule has 0 saturated carbocycles. The van der Waals surface area contributed by atoms with Crippen LogP contribution < -0.4 is 10.4 Å². The first kappa shape index (κ1) is 15.4. The van der Waals surface area contributed by atoms with Gasteiger partial charge in [0.05, 0.1) is 18.2 Å². The number of halogens is 1. The quantitative estimate of drug-likeness (QED) is 0.792. The van der Waals surface area contributed by atoms with Crippen molar-refractivity contribution in [2.24, 2.45) is 14.1 Å². The summed E-state index contributed by atoms with van der Waals surface area (Å²) in [7, 11) is 3.54. The van der Waals surface area contributed by atoms with E-state index < -0.39 is 0 Å². The first-order valence-electron chi connectivity index (χ1n) is 6.97. The number of nitrogens with zero attached hydrogens (tertiary/aromatic N) is 4. The Morgan fingerprint density at radius 2 is 2.13 bits per heavy atom. The Labute approximate surface area is 137 Å². The number of aromatic nitrogens is 5. The monoisotopic (exact) mass is 333 g/mol. The molecule has 120 valence electrons. The number of hydrogen-bond acceptors (Lipinski definition) is 4. The van der Waals surface area contributed by atoms with Crippen molar-refractivity contribution in [3.8, 4) is 17.0 Å². The van der Waals surface area contributed by atoms with Crippen LogP contribution in [0.3, 0.4) is 0 Å². The summed E-state index contributed by atoms with van der Waals surface area (Å²) in [5.74, 6) is 1.17. The van der Waals surface area contributed by atoms with Crippen molar-refractivity contribution in [2.45, 2.75) is 13.5 Å². The molecule has 8 heteroatoms. The summed E-state index contributed by atoms with van der Waals surface area (Å²) >= 11 is 6.25. The van der Waals surface area contributed by atoms with Crippen LogP contribution >= 0.6 is 11.6 Å². The normalized spacial score (nSPS) is 11.0. The van der Waals surface area contributed by atoms with E-state index in [1.807, 2.05) is 30.7 Å². The van der Waals surface area contributed by atoms with E-state index in [4.69, 9.17) is 16.3 Å². The van der Waals surface area contributed by atoms with Crippen LogP contribution in [0, 0.1) is 6.92 Å². The smallest absolute Gasteiger partial charge is 0.343 e. The number of ether oxygens (including phenoxy) is 1. The summed E-state index contributed by atoms with van der Waals surface area (Å²) in [5.41, 5.74) is 2.35. The highest BCUT2D eigenvalue weighted by Crippen LogP contribution is 2.34. The molecule has 0 amide bonds. The minimum atomic E-state index is -0.275. The third-order valence-corrected chi connectivity index (χ3v) is 4.09. The van der Waals surface area contributed by atoms with Gasteiger partial charge in [-0.15, -0.1) is 0 Å². The van der Waals surface area contributed by atoms with Gasteiger partial charge in [-0.1, -0.05) is 11.6 Å². The van der Waals surface area contributed by atoms with Gasteiger partial charge in [0.1, 0.15) is 12.4 Å². The second-order valence-corrected chi connectivity index (χ2v) is 5.69. The molecule has 2 heterocycles. The lowest BCUT2D eigenvalue weighted by atomic mass is 10.1. The second kappa shape index (κ2) is 5.92.